The Balaban J connectivity index is 0.000000186. The van der Waals surface area contributed by atoms with Gasteiger partial charge in [0, 0.05) is 166 Å². The molecule has 0 amide bonds. The summed E-state index contributed by atoms with van der Waals surface area (Å²) in [5, 5.41) is 8.61. The summed E-state index contributed by atoms with van der Waals surface area (Å²) in [6.07, 6.45) is 12.2. The second kappa shape index (κ2) is 58.9. The Morgan fingerprint density at radius 3 is 1.16 bits per heavy atom. The molecule has 0 saturated carbocycles. The van der Waals surface area contributed by atoms with Crippen molar-refractivity contribution in [1.29, 1.82) is 5.26 Å². The van der Waals surface area contributed by atoms with Crippen LogP contribution in [0.3, 0.4) is 0 Å². The monoisotopic (exact) mass is 2640 g/mol. The van der Waals surface area contributed by atoms with E-state index in [1.54, 1.807) is 54.9 Å². The van der Waals surface area contributed by atoms with Crippen molar-refractivity contribution >= 4 is 5.69 Å². The van der Waals surface area contributed by atoms with Gasteiger partial charge in [0.05, 0.1) is 29.3 Å². The average Bonchev–Trinajstić information content (AvgIpc) is 0.815. The van der Waals surface area contributed by atoms with Crippen LogP contribution in [0.4, 0.5) is 32.0 Å². The fourth-order valence-electron chi connectivity index (χ4n) is 14.5. The van der Waals surface area contributed by atoms with Crippen molar-refractivity contribution in [1.82, 2.24) is 39.9 Å². The number of nitrogens with zero attached hydrogens (tertiary/aromatic N) is 10. The Bertz CT molecular complexity index is 7360. The zero-order valence-electron chi connectivity index (χ0n) is 81.3. The first kappa shape index (κ1) is 115. The number of nitriles is 1. The van der Waals surface area contributed by atoms with Crippen LogP contribution in [-0.4, -0.2) is 54.0 Å². The largest absolute Gasteiger partial charge is 0.378 e. The fourth-order valence-corrected chi connectivity index (χ4v) is 14.5. The van der Waals surface area contributed by atoms with Crippen LogP contribution in [0, 0.1) is 120 Å². The molecule has 0 saturated heterocycles. The molecule has 4 radical (unpaired) electrons. The molecule has 146 heavy (non-hydrogen) atoms. The van der Waals surface area contributed by atoms with Gasteiger partial charge in [0.25, 0.3) is 0 Å². The predicted molar refractivity (Wildman–Crippen MR) is 560 cm³/mol. The van der Waals surface area contributed by atoms with Gasteiger partial charge < -0.3 is 44.8 Å². The Morgan fingerprint density at radius 2 is 0.733 bits per heavy atom. The maximum absolute atomic E-state index is 13.7. The van der Waals surface area contributed by atoms with Crippen LogP contribution in [0.25, 0.3) is 135 Å². The van der Waals surface area contributed by atoms with E-state index in [1.165, 1.54) is 67.9 Å². The van der Waals surface area contributed by atoms with E-state index in [0.29, 0.717) is 34.0 Å². The predicted octanol–water partition coefficient (Wildman–Crippen LogP) is 31.2. The average molecular weight is 2640 g/mol. The Morgan fingerprint density at radius 1 is 0.322 bits per heavy atom. The molecule has 0 unspecified atom stereocenters. The summed E-state index contributed by atoms with van der Waals surface area (Å²) in [4.78, 5) is 36.4. The summed E-state index contributed by atoms with van der Waals surface area (Å²) >= 11 is 0. The minimum atomic E-state index is -0.929. The van der Waals surface area contributed by atoms with Crippen molar-refractivity contribution in [2.75, 3.05) is 19.0 Å². The summed E-state index contributed by atoms with van der Waals surface area (Å²) in [7, 11) is 4.04. The summed E-state index contributed by atoms with van der Waals surface area (Å²) in [5.41, 5.74) is 27.1. The summed E-state index contributed by atoms with van der Waals surface area (Å²) in [6, 6.07) is 144. The zero-order valence-corrected chi connectivity index (χ0v) is 90.9. The number of rotatable bonds is 16. The van der Waals surface area contributed by atoms with E-state index >= 15 is 0 Å². The van der Waals surface area contributed by atoms with Gasteiger partial charge in [-0.1, -0.05) is 258 Å². The maximum Gasteiger partial charge on any atom is 0.0848 e. The Hall–Kier alpha value is -14.7. The van der Waals surface area contributed by atoms with Gasteiger partial charge in [0.2, 0.25) is 0 Å². The first-order valence-electron chi connectivity index (χ1n) is 45.9. The minimum absolute atomic E-state index is 0. The number of pyridine rings is 8. The third kappa shape index (κ3) is 35.4. The van der Waals surface area contributed by atoms with Gasteiger partial charge in [-0.25, -0.2) is 4.39 Å². The van der Waals surface area contributed by atoms with E-state index in [-0.39, 0.29) is 91.5 Å². The second-order valence-electron chi connectivity index (χ2n) is 34.3. The van der Waals surface area contributed by atoms with E-state index in [2.05, 4.69) is 274 Å². The van der Waals surface area contributed by atoms with Crippen LogP contribution >= 0.6 is 0 Å². The van der Waals surface area contributed by atoms with E-state index in [1.807, 2.05) is 203 Å². The van der Waals surface area contributed by atoms with Crippen LogP contribution in [0.5, 0.6) is 0 Å². The molecule has 0 aliphatic rings. The first-order chi connectivity index (χ1) is 68.9. The number of hydrogen-bond acceptors (Lipinski definition) is 10. The minimum Gasteiger partial charge on any atom is -0.378 e. The Labute approximate surface area is 906 Å². The van der Waals surface area contributed by atoms with E-state index in [0.717, 1.165) is 117 Å². The maximum atomic E-state index is 13.7. The zero-order chi connectivity index (χ0) is 100.0. The number of hydrogen-bond donors (Lipinski definition) is 0. The van der Waals surface area contributed by atoms with E-state index < -0.39 is 40.5 Å². The topological polar surface area (TPSA) is 130 Å². The van der Waals surface area contributed by atoms with Gasteiger partial charge in [-0.05, 0) is 160 Å². The van der Waals surface area contributed by atoms with Crippen LogP contribution < -0.4 is 4.90 Å². The van der Waals surface area contributed by atoms with Gasteiger partial charge in [-0.15, -0.1) is 225 Å². The van der Waals surface area contributed by atoms with Gasteiger partial charge >= 0.3 is 0 Å². The van der Waals surface area contributed by atoms with Crippen molar-refractivity contribution in [3.05, 3.63) is 525 Å². The molecule has 20 heteroatoms. The normalized spacial score (nSPS) is 10.2. The molecule has 20 aromatic rings. The van der Waals surface area contributed by atoms with Crippen LogP contribution in [0.1, 0.15) is 62.7 Å². The molecule has 0 atom stereocenters. The summed E-state index contributed by atoms with van der Waals surface area (Å²) in [6.45, 7) is 15.1. The molecular formula is C126H100F6Ir4N10-8. The Kier molecular flexibility index (Phi) is 46.4. The molecule has 8 aromatic heterocycles. The molecule has 0 fully saturated rings. The molecule has 0 N–H and O–H groups in total. The molecule has 12 aromatic carbocycles. The molecule has 0 spiro atoms. The van der Waals surface area contributed by atoms with Crippen molar-refractivity contribution in [3.8, 4) is 141 Å². The van der Waals surface area contributed by atoms with Crippen LogP contribution in [0.15, 0.2) is 413 Å². The van der Waals surface area contributed by atoms with Crippen LogP contribution in [0.2, 0.25) is 0 Å². The van der Waals surface area contributed by atoms with Crippen molar-refractivity contribution in [2.24, 2.45) is 11.3 Å². The van der Waals surface area contributed by atoms with Crippen molar-refractivity contribution in [2.45, 2.75) is 61.3 Å². The van der Waals surface area contributed by atoms with Crippen molar-refractivity contribution < 1.29 is 107 Å². The fraction of sp³-hybridized carbons (Fsp3) is 0.103. The molecule has 740 valence electrons. The van der Waals surface area contributed by atoms with Gasteiger partial charge in [0.15, 0.2) is 0 Å². The molecule has 8 heterocycles. The van der Waals surface area contributed by atoms with Crippen LogP contribution in [-0.2, 0) is 93.3 Å². The second-order valence-corrected chi connectivity index (χ2v) is 34.3. The number of anilines is 1. The third-order valence-electron chi connectivity index (χ3n) is 21.4. The molecule has 0 aliphatic heterocycles. The SMILES string of the molecule is CC(C)(C)Cc1ccc(-c2cc[c-]c(-c3ccccn3)c2)cc1.CC(C)Cc1cccc(-c2[c-]cc(F)cc2F)n1.CN(C)c1ccnc(-c2[c-]cccc2)c1.Cc1ccc(-c2cc[c-]c(-c3ccccn3)c2)cc1.Cc1cccc(-c2[c-]ccc(-c3ccccc3)c2)n1.Fc1c[c-]c(-c2ccccn2)cc1F.N#Cc1c(F)c[c-]c(-c2ccccn2)c1F.[Ir].[Ir].[Ir].[Ir].[c-]1ccc(-c2ccccc2)cc1-c1ccccn1. The third-order valence-corrected chi connectivity index (χ3v) is 21.4. The standard InChI is InChI=1S/C22H22N.2C18H14N.C17H12N.C15H14F2N.C13H13N2.C12H5F2N2.C11H6F2N.4Ir/c1-22(2,3)16-17-10-12-18(13-11-17)19-7-6-8-20(15-19)21-9-4-5-14-23-21;1-14-8-10-15(11-9-14)16-5-4-6-17(13-16)18-7-2-3-12-19-18;1-14-7-5-12-18(19-14)17-11-6-10-16(13-17)15-8-3-2-4-9-15;1-2-7-14(8-3-1)15-9-6-10-16(13-15)17-11-4-5-12-18-17;1-10(2)8-12-4-3-5-15(18-12)13-7-6-11(16)9-14(13)17;1-15(2)12-8-9-14-13(10-12)11-6-4-3-5-7-11;13-10-5-4-8(12(14)9(10)7-15)11-3-1-2-6-16-11;12-9-5-4-8(7-10(9)13)11-3-1-2-6-14-11;;;;/h4-7,9-15H,16H2,1-3H3;2-5,7-13H,1H3;2-10,12-13H,1H3;1-9,11-13H;3-6,9-10H,8H2,1-2H3;3-6,8-10H,1-2H3;1-3,5-6H;1-3,5-7H;;;;/q8*-1;;;;. The summed E-state index contributed by atoms with van der Waals surface area (Å²) in [5.74, 6) is -4.41. The first-order valence-corrected chi connectivity index (χ1v) is 45.9. The number of aryl methyl sites for hydroxylation is 2. The number of benzene rings is 12. The molecule has 20 rings (SSSR count). The van der Waals surface area contributed by atoms with Gasteiger partial charge in [-0.2, -0.15) is 5.26 Å². The molecule has 0 bridgehead atoms. The smallest absolute Gasteiger partial charge is 0.0848 e. The van der Waals surface area contributed by atoms with Crippen molar-refractivity contribution in [3.63, 3.8) is 0 Å². The molecular weight excluding hydrogens is 2540 g/mol. The molecule has 0 aliphatic carbocycles. The number of halogens is 6. The quantitative estimate of drug-likeness (QED) is 0.0681. The number of aromatic nitrogens is 8. The van der Waals surface area contributed by atoms with Gasteiger partial charge in [-0.3, -0.25) is 22.0 Å². The van der Waals surface area contributed by atoms with Gasteiger partial charge in [0.1, 0.15) is 0 Å². The molecule has 10 nitrogen and oxygen atoms in total. The van der Waals surface area contributed by atoms with E-state index in [9.17, 15) is 26.3 Å². The van der Waals surface area contributed by atoms with E-state index in [4.69, 9.17) is 5.26 Å². The summed E-state index contributed by atoms with van der Waals surface area (Å²) < 4.78 is 78.6.